The van der Waals surface area contributed by atoms with E-state index in [4.69, 9.17) is 5.11 Å². The molecule has 0 fully saturated rings. The Hall–Kier alpha value is -3.65. The van der Waals surface area contributed by atoms with Crippen molar-refractivity contribution in [1.82, 2.24) is 0 Å². The minimum atomic E-state index is -0.918. The van der Waals surface area contributed by atoms with E-state index in [1.165, 1.54) is 5.56 Å². The van der Waals surface area contributed by atoms with Gasteiger partial charge >= 0.3 is 5.97 Å². The Morgan fingerprint density at radius 2 is 1.54 bits per heavy atom. The van der Waals surface area contributed by atoms with E-state index in [1.807, 2.05) is 54.6 Å². The van der Waals surface area contributed by atoms with Gasteiger partial charge < -0.3 is 5.11 Å². The Bertz CT molecular complexity index is 897. The van der Waals surface area contributed by atoms with Crippen molar-refractivity contribution in [2.45, 2.75) is 6.92 Å². The van der Waals surface area contributed by atoms with Gasteiger partial charge in [0, 0.05) is 5.57 Å². The highest BCUT2D eigenvalue weighted by atomic mass is 16.4. The Labute approximate surface area is 167 Å². The van der Waals surface area contributed by atoms with Crippen LogP contribution < -0.4 is 0 Å². The molecule has 1 N–H and O–H groups in total. The Morgan fingerprint density at radius 3 is 2.11 bits per heavy atom. The fourth-order valence-electron chi connectivity index (χ4n) is 2.31. The van der Waals surface area contributed by atoms with Gasteiger partial charge in [0.25, 0.3) is 0 Å². The number of hydrogen-bond donors (Lipinski definition) is 1. The first-order valence-electron chi connectivity index (χ1n) is 8.83. The zero-order valence-electron chi connectivity index (χ0n) is 16.2. The first kappa shape index (κ1) is 22.4. The van der Waals surface area contributed by atoms with E-state index >= 15 is 0 Å². The van der Waals surface area contributed by atoms with Crippen LogP contribution in [-0.2, 0) is 4.79 Å². The molecule has 2 aromatic rings. The molecule has 0 amide bonds. The van der Waals surface area contributed by atoms with Crippen LogP contribution in [0.3, 0.4) is 0 Å². The molecule has 0 atom stereocenters. The Kier molecular flexibility index (Phi) is 10.1. The summed E-state index contributed by atoms with van der Waals surface area (Å²) in [7, 11) is 0. The van der Waals surface area contributed by atoms with Crippen molar-refractivity contribution in [1.29, 1.82) is 0 Å². The topological polar surface area (TPSA) is 37.3 Å². The monoisotopic (exact) mass is 370 g/mol. The van der Waals surface area contributed by atoms with E-state index in [-0.39, 0.29) is 0 Å². The zero-order valence-corrected chi connectivity index (χ0v) is 16.2. The van der Waals surface area contributed by atoms with E-state index in [2.05, 4.69) is 37.9 Å². The molecule has 0 heterocycles. The maximum atomic E-state index is 10.7. The van der Waals surface area contributed by atoms with Crippen molar-refractivity contribution in [3.8, 4) is 0 Å². The molecule has 0 aliphatic heterocycles. The summed E-state index contributed by atoms with van der Waals surface area (Å²) in [5, 5.41) is 8.82. The number of benzene rings is 2. The predicted octanol–water partition coefficient (Wildman–Crippen LogP) is 6.90. The third-order valence-electron chi connectivity index (χ3n) is 3.75. The van der Waals surface area contributed by atoms with Crippen molar-refractivity contribution < 1.29 is 9.90 Å². The molecule has 0 aliphatic carbocycles. The standard InChI is InChI=1S/C14H14O2.C12H12/c1-4-11-7-6-8-12(13(11)5-2)9-10(3)14(15)16;1-2-3-4-6-9-12-10-7-5-8-11-12/h4-9H,1-2H2,3H3,(H,15,16);2-11H,1H2. The molecule has 0 aliphatic rings. The molecule has 2 aromatic carbocycles. The van der Waals surface area contributed by atoms with Gasteiger partial charge in [-0.15, -0.1) is 0 Å². The molecule has 2 rings (SSSR count). The van der Waals surface area contributed by atoms with E-state index in [0.29, 0.717) is 5.57 Å². The lowest BCUT2D eigenvalue weighted by molar-refractivity contribution is -0.132. The predicted molar refractivity (Wildman–Crippen MR) is 123 cm³/mol. The van der Waals surface area contributed by atoms with Crippen LogP contribution in [0.4, 0.5) is 0 Å². The number of hydrogen-bond acceptors (Lipinski definition) is 1. The molecule has 0 aromatic heterocycles. The number of carboxylic acid groups (broad SMARTS) is 1. The summed E-state index contributed by atoms with van der Waals surface area (Å²) in [5.74, 6) is -0.918. The van der Waals surface area contributed by atoms with E-state index in [0.717, 1.165) is 16.7 Å². The van der Waals surface area contributed by atoms with E-state index in [1.54, 1.807) is 31.2 Å². The van der Waals surface area contributed by atoms with Gasteiger partial charge in [-0.1, -0.05) is 111 Å². The second-order valence-electron chi connectivity index (χ2n) is 5.78. The van der Waals surface area contributed by atoms with Gasteiger partial charge in [0.1, 0.15) is 0 Å². The second-order valence-corrected chi connectivity index (χ2v) is 5.78. The Morgan fingerprint density at radius 1 is 0.857 bits per heavy atom. The first-order chi connectivity index (χ1) is 13.5. The molecule has 0 radical (unpaired) electrons. The fraction of sp³-hybridized carbons (Fsp3) is 0.0385. The van der Waals surface area contributed by atoms with Gasteiger partial charge in [0.15, 0.2) is 0 Å². The SMILES string of the molecule is C=CC=CC=Cc1ccccc1.C=Cc1cccc(C=C(C)C(=O)O)c1C=C. The largest absolute Gasteiger partial charge is 0.478 e. The average molecular weight is 370 g/mol. The van der Waals surface area contributed by atoms with Crippen LogP contribution in [-0.4, -0.2) is 11.1 Å². The van der Waals surface area contributed by atoms with Gasteiger partial charge in [-0.2, -0.15) is 0 Å². The third-order valence-corrected chi connectivity index (χ3v) is 3.75. The molecule has 2 nitrogen and oxygen atoms in total. The van der Waals surface area contributed by atoms with Crippen LogP contribution in [0, 0.1) is 0 Å². The second kappa shape index (κ2) is 12.7. The van der Waals surface area contributed by atoms with Gasteiger partial charge in [-0.05, 0) is 35.3 Å². The lowest BCUT2D eigenvalue weighted by Gasteiger charge is -2.05. The lowest BCUT2D eigenvalue weighted by Crippen LogP contribution is -1.96. The number of carboxylic acids is 1. The van der Waals surface area contributed by atoms with Crippen LogP contribution >= 0.6 is 0 Å². The van der Waals surface area contributed by atoms with Crippen molar-refractivity contribution in [3.63, 3.8) is 0 Å². The first-order valence-corrected chi connectivity index (χ1v) is 8.83. The van der Waals surface area contributed by atoms with Crippen LogP contribution in [0.1, 0.15) is 29.2 Å². The molecule has 142 valence electrons. The van der Waals surface area contributed by atoms with Crippen LogP contribution in [0.5, 0.6) is 0 Å². The quantitative estimate of drug-likeness (QED) is 0.425. The van der Waals surface area contributed by atoms with E-state index in [9.17, 15) is 4.79 Å². The van der Waals surface area contributed by atoms with Gasteiger partial charge in [-0.3, -0.25) is 0 Å². The molecule has 0 saturated heterocycles. The number of carbonyl (C=O) groups is 1. The maximum Gasteiger partial charge on any atom is 0.331 e. The van der Waals surface area contributed by atoms with Crippen molar-refractivity contribution >= 4 is 30.3 Å². The van der Waals surface area contributed by atoms with Gasteiger partial charge in [-0.25, -0.2) is 4.79 Å². The van der Waals surface area contributed by atoms with Crippen molar-refractivity contribution in [2.24, 2.45) is 0 Å². The molecule has 0 saturated carbocycles. The molecular formula is C26H26O2. The van der Waals surface area contributed by atoms with Gasteiger partial charge in [0.05, 0.1) is 0 Å². The number of allylic oxidation sites excluding steroid dienone is 4. The van der Waals surface area contributed by atoms with Crippen LogP contribution in [0.2, 0.25) is 0 Å². The summed E-state index contributed by atoms with van der Waals surface area (Å²) in [6.07, 6.45) is 14.7. The highest BCUT2D eigenvalue weighted by Gasteiger charge is 2.04. The van der Waals surface area contributed by atoms with Crippen LogP contribution in [0.25, 0.3) is 24.3 Å². The zero-order chi connectivity index (χ0) is 20.8. The highest BCUT2D eigenvalue weighted by molar-refractivity contribution is 5.92. The average Bonchev–Trinajstić information content (AvgIpc) is 2.72. The normalized spacial score (nSPS) is 11.0. The summed E-state index contributed by atoms with van der Waals surface area (Å²) < 4.78 is 0. The summed E-state index contributed by atoms with van der Waals surface area (Å²) in [6, 6.07) is 15.8. The third kappa shape index (κ3) is 7.71. The van der Waals surface area contributed by atoms with Crippen LogP contribution in [0.15, 0.2) is 98.1 Å². The Balaban J connectivity index is 0.000000292. The number of rotatable bonds is 7. The molecule has 28 heavy (non-hydrogen) atoms. The molecule has 0 unspecified atom stereocenters. The fourth-order valence-corrected chi connectivity index (χ4v) is 2.31. The molecule has 0 spiro atoms. The van der Waals surface area contributed by atoms with E-state index < -0.39 is 5.97 Å². The lowest BCUT2D eigenvalue weighted by atomic mass is 9.99. The molecule has 2 heteroatoms. The molecular weight excluding hydrogens is 344 g/mol. The number of aliphatic carboxylic acids is 1. The summed E-state index contributed by atoms with van der Waals surface area (Å²) >= 11 is 0. The smallest absolute Gasteiger partial charge is 0.331 e. The maximum absolute atomic E-state index is 10.7. The highest BCUT2D eigenvalue weighted by Crippen LogP contribution is 2.20. The summed E-state index contributed by atoms with van der Waals surface area (Å²) in [6.45, 7) is 12.6. The minimum Gasteiger partial charge on any atom is -0.478 e. The summed E-state index contributed by atoms with van der Waals surface area (Å²) in [4.78, 5) is 10.7. The van der Waals surface area contributed by atoms with Gasteiger partial charge in [0.2, 0.25) is 0 Å². The molecule has 0 bridgehead atoms. The van der Waals surface area contributed by atoms with Crippen molar-refractivity contribution in [3.05, 3.63) is 120 Å². The van der Waals surface area contributed by atoms with Crippen molar-refractivity contribution in [2.75, 3.05) is 0 Å². The summed E-state index contributed by atoms with van der Waals surface area (Å²) in [5.41, 5.74) is 4.20. The minimum absolute atomic E-state index is 0.296.